The summed E-state index contributed by atoms with van der Waals surface area (Å²) in [4.78, 5) is 30.5. The van der Waals surface area contributed by atoms with Crippen molar-refractivity contribution in [1.82, 2.24) is 15.4 Å². The van der Waals surface area contributed by atoms with E-state index >= 15 is 0 Å². The third-order valence-electron chi connectivity index (χ3n) is 3.35. The van der Waals surface area contributed by atoms with Gasteiger partial charge in [0.15, 0.2) is 0 Å². The Bertz CT molecular complexity index is 741. The van der Waals surface area contributed by atoms with Crippen LogP contribution in [-0.2, 0) is 16.0 Å². The van der Waals surface area contributed by atoms with Crippen LogP contribution in [-0.4, -0.2) is 41.1 Å². The summed E-state index contributed by atoms with van der Waals surface area (Å²) in [6, 6.07) is 9.13. The van der Waals surface area contributed by atoms with E-state index in [0.717, 1.165) is 5.56 Å². The molecule has 2 aromatic rings. The lowest BCUT2D eigenvalue weighted by Gasteiger charge is -2.11. The van der Waals surface area contributed by atoms with Gasteiger partial charge in [0.1, 0.15) is 6.33 Å². The number of nitro groups is 1. The Morgan fingerprint density at radius 2 is 1.96 bits per heavy atom. The zero-order chi connectivity index (χ0) is 18.8. The molecule has 0 spiro atoms. The molecule has 10 heteroatoms. The zero-order valence-electron chi connectivity index (χ0n) is 14.3. The number of nitrogens with one attached hydrogen (secondary N) is 3. The Hall–Kier alpha value is -3.27. The van der Waals surface area contributed by atoms with E-state index in [1.807, 2.05) is 30.3 Å². The monoisotopic (exact) mass is 360 g/mol. The van der Waals surface area contributed by atoms with Crippen molar-refractivity contribution < 1.29 is 14.5 Å². The number of benzene rings is 1. The summed E-state index contributed by atoms with van der Waals surface area (Å²) in [6.07, 6.45) is 1.97. The van der Waals surface area contributed by atoms with Crippen LogP contribution in [0.25, 0.3) is 0 Å². The van der Waals surface area contributed by atoms with Gasteiger partial charge in [-0.05, 0) is 12.0 Å². The van der Waals surface area contributed by atoms with Crippen LogP contribution in [0.4, 0.5) is 17.3 Å². The molecule has 0 saturated heterocycles. The third-order valence-corrected chi connectivity index (χ3v) is 3.35. The highest BCUT2D eigenvalue weighted by Gasteiger charge is 2.23. The Kier molecular flexibility index (Phi) is 7.25. The lowest BCUT2D eigenvalue weighted by Crippen LogP contribution is -2.31. The van der Waals surface area contributed by atoms with Gasteiger partial charge >= 0.3 is 5.69 Å². The van der Waals surface area contributed by atoms with Crippen molar-refractivity contribution in [2.45, 2.75) is 12.8 Å². The molecule has 26 heavy (non-hydrogen) atoms. The number of carbonyl (C=O) groups excluding carboxylic acids is 1. The highest BCUT2D eigenvalue weighted by Crippen LogP contribution is 2.28. The van der Waals surface area contributed by atoms with E-state index in [1.54, 1.807) is 7.11 Å². The van der Waals surface area contributed by atoms with Gasteiger partial charge in [-0.3, -0.25) is 25.8 Å². The number of hydrogen-bond donors (Lipinski definition) is 3. The Labute approximate surface area is 150 Å². The fourth-order valence-corrected chi connectivity index (χ4v) is 2.15. The molecule has 0 atom stereocenters. The number of hydrazine groups is 1. The maximum Gasteiger partial charge on any atom is 0.354 e. The molecule has 1 heterocycles. The van der Waals surface area contributed by atoms with Gasteiger partial charge in [0.2, 0.25) is 17.5 Å². The van der Waals surface area contributed by atoms with Crippen molar-refractivity contribution in [3.05, 3.63) is 52.3 Å². The fraction of sp³-hybridized carbons (Fsp3) is 0.312. The molecule has 0 fully saturated rings. The summed E-state index contributed by atoms with van der Waals surface area (Å²) in [5.74, 6) is -0.375. The number of anilines is 2. The predicted octanol–water partition coefficient (Wildman–Crippen LogP) is 1.52. The Balaban J connectivity index is 2.01. The van der Waals surface area contributed by atoms with Crippen LogP contribution in [0.1, 0.15) is 12.0 Å². The van der Waals surface area contributed by atoms with E-state index in [2.05, 4.69) is 26.1 Å². The van der Waals surface area contributed by atoms with Gasteiger partial charge in [-0.1, -0.05) is 30.3 Å². The standard InChI is InChI=1S/C16H20N6O4/c1-26-9-5-8-17-15-14(22(24)25)16(19-11-18-15)21-20-13(23)10-12-6-3-2-4-7-12/h2-4,6-7,11H,5,8-10H2,1H3,(H,20,23)(H2,17,18,19,21). The third kappa shape index (κ3) is 5.67. The number of carbonyl (C=O) groups is 1. The van der Waals surface area contributed by atoms with Crippen LogP contribution in [0.5, 0.6) is 0 Å². The molecule has 0 aliphatic heterocycles. The van der Waals surface area contributed by atoms with Gasteiger partial charge in [0, 0.05) is 20.3 Å². The smallest absolute Gasteiger partial charge is 0.354 e. The molecule has 0 bridgehead atoms. The van der Waals surface area contributed by atoms with Crippen molar-refractivity contribution in [3.63, 3.8) is 0 Å². The fourth-order valence-electron chi connectivity index (χ4n) is 2.15. The Morgan fingerprint density at radius 3 is 2.65 bits per heavy atom. The maximum absolute atomic E-state index is 12.0. The second-order valence-electron chi connectivity index (χ2n) is 5.29. The summed E-state index contributed by atoms with van der Waals surface area (Å²) >= 11 is 0. The maximum atomic E-state index is 12.0. The molecule has 0 aliphatic carbocycles. The largest absolute Gasteiger partial charge is 0.385 e. The minimum Gasteiger partial charge on any atom is -0.385 e. The van der Waals surface area contributed by atoms with Crippen LogP contribution in [0.15, 0.2) is 36.7 Å². The second kappa shape index (κ2) is 9.89. The topological polar surface area (TPSA) is 131 Å². The summed E-state index contributed by atoms with van der Waals surface area (Å²) < 4.78 is 4.93. The number of ether oxygens (including phenoxy) is 1. The molecule has 0 radical (unpaired) electrons. The zero-order valence-corrected chi connectivity index (χ0v) is 14.3. The van der Waals surface area contributed by atoms with Crippen LogP contribution in [0.3, 0.4) is 0 Å². The average molecular weight is 360 g/mol. The summed E-state index contributed by atoms with van der Waals surface area (Å²) in [5.41, 5.74) is 5.40. The quantitative estimate of drug-likeness (QED) is 0.330. The van der Waals surface area contributed by atoms with Gasteiger partial charge in [0.05, 0.1) is 11.3 Å². The summed E-state index contributed by atoms with van der Waals surface area (Å²) in [6.45, 7) is 0.970. The van der Waals surface area contributed by atoms with E-state index < -0.39 is 4.92 Å². The predicted molar refractivity (Wildman–Crippen MR) is 95.6 cm³/mol. The van der Waals surface area contributed by atoms with E-state index in [1.165, 1.54) is 6.33 Å². The molecular weight excluding hydrogens is 340 g/mol. The molecule has 3 N–H and O–H groups in total. The first kappa shape index (κ1) is 19.1. The first-order valence-electron chi connectivity index (χ1n) is 7.92. The molecule has 1 aromatic heterocycles. The number of rotatable bonds is 10. The van der Waals surface area contributed by atoms with E-state index in [4.69, 9.17) is 4.74 Å². The molecular formula is C16H20N6O4. The molecule has 0 unspecified atom stereocenters. The van der Waals surface area contributed by atoms with Crippen molar-refractivity contribution in [3.8, 4) is 0 Å². The first-order chi connectivity index (χ1) is 12.6. The lowest BCUT2D eigenvalue weighted by molar-refractivity contribution is -0.383. The van der Waals surface area contributed by atoms with Crippen LogP contribution in [0, 0.1) is 10.1 Å². The number of nitrogens with zero attached hydrogens (tertiary/aromatic N) is 3. The Morgan fingerprint density at radius 1 is 1.23 bits per heavy atom. The van der Waals surface area contributed by atoms with Gasteiger partial charge < -0.3 is 10.1 Å². The molecule has 10 nitrogen and oxygen atoms in total. The minimum atomic E-state index is -0.607. The van der Waals surface area contributed by atoms with Crippen LogP contribution in [0.2, 0.25) is 0 Å². The minimum absolute atomic E-state index is 0.0703. The lowest BCUT2D eigenvalue weighted by atomic mass is 10.1. The van der Waals surface area contributed by atoms with Crippen molar-refractivity contribution in [1.29, 1.82) is 0 Å². The highest BCUT2D eigenvalue weighted by molar-refractivity contribution is 5.80. The van der Waals surface area contributed by atoms with Crippen molar-refractivity contribution in [2.24, 2.45) is 0 Å². The van der Waals surface area contributed by atoms with E-state index in [0.29, 0.717) is 19.6 Å². The van der Waals surface area contributed by atoms with E-state index in [9.17, 15) is 14.9 Å². The summed E-state index contributed by atoms with van der Waals surface area (Å²) in [5, 5.41) is 14.2. The number of amides is 1. The van der Waals surface area contributed by atoms with Gasteiger partial charge in [-0.2, -0.15) is 0 Å². The van der Waals surface area contributed by atoms with Crippen molar-refractivity contribution in [2.75, 3.05) is 31.0 Å². The van der Waals surface area contributed by atoms with Crippen molar-refractivity contribution >= 4 is 23.2 Å². The molecule has 1 amide bonds. The molecule has 1 aromatic carbocycles. The van der Waals surface area contributed by atoms with Crippen LogP contribution >= 0.6 is 0 Å². The molecule has 138 valence electrons. The van der Waals surface area contributed by atoms with Gasteiger partial charge in [0.25, 0.3) is 0 Å². The second-order valence-corrected chi connectivity index (χ2v) is 5.29. The number of aromatic nitrogens is 2. The SMILES string of the molecule is COCCCNc1ncnc(NNC(=O)Cc2ccccc2)c1[N+](=O)[O-]. The number of methoxy groups -OCH3 is 1. The van der Waals surface area contributed by atoms with E-state index in [-0.39, 0.29) is 29.7 Å². The average Bonchev–Trinajstić information content (AvgIpc) is 2.64. The normalized spacial score (nSPS) is 10.2. The molecule has 0 saturated carbocycles. The molecule has 2 rings (SSSR count). The summed E-state index contributed by atoms with van der Waals surface area (Å²) in [7, 11) is 1.58. The van der Waals surface area contributed by atoms with Gasteiger partial charge in [-0.25, -0.2) is 9.97 Å². The van der Waals surface area contributed by atoms with Gasteiger partial charge in [-0.15, -0.1) is 0 Å². The first-order valence-corrected chi connectivity index (χ1v) is 7.92. The number of hydrogen-bond acceptors (Lipinski definition) is 8. The molecule has 0 aliphatic rings. The van der Waals surface area contributed by atoms with Crippen LogP contribution < -0.4 is 16.2 Å². The highest BCUT2D eigenvalue weighted by atomic mass is 16.6.